The first-order valence-electron chi connectivity index (χ1n) is 13.3. The number of allylic oxidation sites excluding steroid dienone is 2. The van der Waals surface area contributed by atoms with Crippen LogP contribution in [0.1, 0.15) is 91.7 Å². The number of rotatable bonds is 2. The van der Waals surface area contributed by atoms with Crippen molar-refractivity contribution >= 4 is 10.8 Å². The molecule has 3 aromatic carbocycles. The van der Waals surface area contributed by atoms with Gasteiger partial charge in [-0.1, -0.05) is 134 Å². The van der Waals surface area contributed by atoms with Gasteiger partial charge in [-0.05, 0) is 60.5 Å². The van der Waals surface area contributed by atoms with Crippen molar-refractivity contribution in [3.8, 4) is 5.75 Å². The lowest BCUT2D eigenvalue weighted by Gasteiger charge is -2.20. The smallest absolute Gasteiger partial charge is 0.126 e. The molecule has 1 heteroatoms. The van der Waals surface area contributed by atoms with Crippen LogP contribution in [-0.4, -0.2) is 5.11 Å². The highest BCUT2D eigenvalue weighted by Gasteiger charge is 2.12. The first-order chi connectivity index (χ1) is 16.4. The van der Waals surface area contributed by atoms with E-state index < -0.39 is 0 Å². The van der Waals surface area contributed by atoms with E-state index in [9.17, 15) is 5.11 Å². The fraction of sp³-hybridized carbons (Fsp3) is 0.455. The molecule has 1 unspecified atom stereocenters. The molecule has 1 nitrogen and oxygen atoms in total. The second-order valence-corrected chi connectivity index (χ2v) is 8.81. The number of hydrogen-bond acceptors (Lipinski definition) is 1. The Labute approximate surface area is 210 Å². The zero-order chi connectivity index (χ0) is 25.9. The number of phenolic OH excluding ortho intramolecular Hbond substituents is 1. The second-order valence-electron chi connectivity index (χ2n) is 8.81. The number of fused-ring (bicyclic) bond motifs is 1. The fourth-order valence-electron chi connectivity index (χ4n) is 3.62. The van der Waals surface area contributed by atoms with E-state index in [2.05, 4.69) is 64.1 Å². The van der Waals surface area contributed by atoms with Crippen molar-refractivity contribution in [2.45, 2.75) is 87.5 Å². The molecule has 0 saturated carbocycles. The van der Waals surface area contributed by atoms with Crippen LogP contribution in [0, 0.1) is 18.8 Å². The minimum absolute atomic E-state index is 0.396. The van der Waals surface area contributed by atoms with Gasteiger partial charge in [-0.25, -0.2) is 0 Å². The molecule has 1 N–H and O–H groups in total. The van der Waals surface area contributed by atoms with Crippen molar-refractivity contribution in [1.29, 1.82) is 0 Å². The fourth-order valence-corrected chi connectivity index (χ4v) is 3.62. The van der Waals surface area contributed by atoms with E-state index in [1.165, 1.54) is 24.8 Å². The summed E-state index contributed by atoms with van der Waals surface area (Å²) < 4.78 is 0. The topological polar surface area (TPSA) is 20.2 Å². The highest BCUT2D eigenvalue weighted by molar-refractivity contribution is 5.89. The predicted octanol–water partition coefficient (Wildman–Crippen LogP) is 10.7. The van der Waals surface area contributed by atoms with Gasteiger partial charge in [0.15, 0.2) is 0 Å². The zero-order valence-electron chi connectivity index (χ0n) is 23.3. The molecule has 0 amide bonds. The average Bonchev–Trinajstić information content (AvgIpc) is 2.90. The molecule has 4 rings (SSSR count). The average molecular weight is 463 g/mol. The zero-order valence-corrected chi connectivity index (χ0v) is 23.3. The van der Waals surface area contributed by atoms with Crippen LogP contribution in [0.4, 0.5) is 0 Å². The largest absolute Gasteiger partial charge is 0.507 e. The van der Waals surface area contributed by atoms with E-state index in [4.69, 9.17) is 0 Å². The van der Waals surface area contributed by atoms with Gasteiger partial charge in [-0.2, -0.15) is 0 Å². The Morgan fingerprint density at radius 3 is 1.79 bits per heavy atom. The summed E-state index contributed by atoms with van der Waals surface area (Å²) in [5, 5.41) is 11.7. The lowest BCUT2D eigenvalue weighted by Crippen LogP contribution is -2.09. The Kier molecular flexibility index (Phi) is 17.4. The Bertz CT molecular complexity index is 906. The van der Waals surface area contributed by atoms with Crippen LogP contribution >= 0.6 is 0 Å². The maximum Gasteiger partial charge on any atom is 0.126 e. The normalized spacial score (nSPS) is 13.9. The molecule has 34 heavy (non-hydrogen) atoms. The number of phenols is 1. The van der Waals surface area contributed by atoms with Crippen molar-refractivity contribution in [1.82, 2.24) is 0 Å². The maximum absolute atomic E-state index is 9.66. The molecule has 0 saturated heterocycles. The third-order valence-electron chi connectivity index (χ3n) is 5.82. The molecule has 0 spiro atoms. The molecule has 0 bridgehead atoms. The summed E-state index contributed by atoms with van der Waals surface area (Å²) in [5.74, 6) is 2.91. The van der Waals surface area contributed by atoms with E-state index >= 15 is 0 Å². The van der Waals surface area contributed by atoms with E-state index in [0.717, 1.165) is 28.2 Å². The summed E-state index contributed by atoms with van der Waals surface area (Å²) in [6, 6.07) is 22.3. The molecular formula is C33H50O. The number of hydrogen-bond donors (Lipinski definition) is 1. The maximum atomic E-state index is 9.66. The van der Waals surface area contributed by atoms with Crippen molar-refractivity contribution in [3.63, 3.8) is 0 Å². The molecule has 1 aliphatic rings. The summed E-state index contributed by atoms with van der Waals surface area (Å²) in [4.78, 5) is 0. The third-order valence-corrected chi connectivity index (χ3v) is 5.82. The first kappa shape index (κ1) is 31.5. The summed E-state index contributed by atoms with van der Waals surface area (Å²) >= 11 is 0. The Morgan fingerprint density at radius 1 is 0.735 bits per heavy atom. The number of benzene rings is 3. The van der Waals surface area contributed by atoms with Gasteiger partial charge < -0.3 is 5.11 Å². The van der Waals surface area contributed by atoms with Crippen LogP contribution in [0.3, 0.4) is 0 Å². The van der Waals surface area contributed by atoms with E-state index in [1.54, 1.807) is 0 Å². The van der Waals surface area contributed by atoms with Gasteiger partial charge in [0.1, 0.15) is 5.75 Å². The lowest BCUT2D eigenvalue weighted by atomic mass is 9.85. The molecular weight excluding hydrogens is 412 g/mol. The van der Waals surface area contributed by atoms with Gasteiger partial charge in [-0.3, -0.25) is 0 Å². The highest BCUT2D eigenvalue weighted by Crippen LogP contribution is 2.27. The van der Waals surface area contributed by atoms with E-state index in [1.807, 2.05) is 77.1 Å². The van der Waals surface area contributed by atoms with Crippen LogP contribution in [-0.2, 0) is 0 Å². The van der Waals surface area contributed by atoms with Gasteiger partial charge in [0, 0.05) is 5.39 Å². The van der Waals surface area contributed by atoms with E-state index in [-0.39, 0.29) is 0 Å². The molecule has 0 radical (unpaired) electrons. The second kappa shape index (κ2) is 18.8. The summed E-state index contributed by atoms with van der Waals surface area (Å²) in [5.41, 5.74) is 2.34. The molecule has 0 fully saturated rings. The molecule has 0 aromatic heterocycles. The van der Waals surface area contributed by atoms with Gasteiger partial charge in [-0.15, -0.1) is 0 Å². The summed E-state index contributed by atoms with van der Waals surface area (Å²) in [7, 11) is 0. The van der Waals surface area contributed by atoms with Crippen LogP contribution in [0.25, 0.3) is 10.8 Å². The molecule has 0 heterocycles. The quantitative estimate of drug-likeness (QED) is 0.375. The standard InChI is InChI=1S/C11H10O.C9H16.C9H12.2C2H6/c1-8-6-7-9-4-2-3-5-10(9)11(8)12;2*1-8(2)9-6-4-3-5-7-9;2*1-2/h2-7,12H,1H3;3-4,8-9H,5-7H2,1-2H3;3-8H,1-2H3;2*1-2H3. The monoisotopic (exact) mass is 462 g/mol. The SMILES string of the molecule is CC.CC.CC(C)C1CC=CCC1.CC(C)c1ccccc1.Cc1ccc2ccccc2c1O. The van der Waals surface area contributed by atoms with Gasteiger partial charge in [0.2, 0.25) is 0 Å². The highest BCUT2D eigenvalue weighted by atomic mass is 16.3. The van der Waals surface area contributed by atoms with Crippen molar-refractivity contribution < 1.29 is 5.11 Å². The van der Waals surface area contributed by atoms with Crippen molar-refractivity contribution in [3.05, 3.63) is 90.0 Å². The minimum Gasteiger partial charge on any atom is -0.507 e. The molecule has 3 aromatic rings. The van der Waals surface area contributed by atoms with Gasteiger partial charge in [0.05, 0.1) is 0 Å². The Hall–Kier alpha value is -2.54. The lowest BCUT2D eigenvalue weighted by molar-refractivity contribution is 0.356. The van der Waals surface area contributed by atoms with Crippen LogP contribution in [0.5, 0.6) is 5.75 Å². The van der Waals surface area contributed by atoms with Crippen LogP contribution < -0.4 is 0 Å². The van der Waals surface area contributed by atoms with Crippen molar-refractivity contribution in [2.24, 2.45) is 11.8 Å². The van der Waals surface area contributed by atoms with Gasteiger partial charge >= 0.3 is 0 Å². The van der Waals surface area contributed by atoms with Gasteiger partial charge in [0.25, 0.3) is 0 Å². The third kappa shape index (κ3) is 11.5. The predicted molar refractivity (Wildman–Crippen MR) is 155 cm³/mol. The van der Waals surface area contributed by atoms with Crippen LogP contribution in [0.2, 0.25) is 0 Å². The molecule has 1 atom stereocenters. The van der Waals surface area contributed by atoms with Crippen molar-refractivity contribution in [2.75, 3.05) is 0 Å². The number of aromatic hydroxyl groups is 1. The Balaban J connectivity index is 0.000000453. The Morgan fingerprint density at radius 2 is 1.32 bits per heavy atom. The minimum atomic E-state index is 0.396. The molecule has 188 valence electrons. The summed E-state index contributed by atoms with van der Waals surface area (Å²) in [6.45, 7) is 19.0. The first-order valence-corrected chi connectivity index (χ1v) is 13.3. The molecule has 0 aliphatic heterocycles. The number of aryl methyl sites for hydroxylation is 1. The van der Waals surface area contributed by atoms with E-state index in [0.29, 0.717) is 11.7 Å². The van der Waals surface area contributed by atoms with Crippen LogP contribution in [0.15, 0.2) is 78.9 Å². The molecule has 1 aliphatic carbocycles. The summed E-state index contributed by atoms with van der Waals surface area (Å²) in [6.07, 6.45) is 8.67.